The third-order valence-corrected chi connectivity index (χ3v) is 7.23. The molecule has 1 amide bonds. The van der Waals surface area contributed by atoms with Crippen molar-refractivity contribution in [2.75, 3.05) is 32.2 Å². The van der Waals surface area contributed by atoms with Crippen LogP contribution in [-0.2, 0) is 22.6 Å². The highest BCUT2D eigenvalue weighted by atomic mass is 16.6. The first-order chi connectivity index (χ1) is 22.4. The number of likely N-dealkylation sites (N-methyl/N-ethyl adjacent to an activating group) is 1. The van der Waals surface area contributed by atoms with Gasteiger partial charge in [-0.2, -0.15) is 9.78 Å². The number of hydrogen-bond donors (Lipinski definition) is 0. The number of benzene rings is 1. The Morgan fingerprint density at radius 1 is 0.957 bits per heavy atom. The molecule has 0 saturated carbocycles. The van der Waals surface area contributed by atoms with Crippen molar-refractivity contribution < 1.29 is 19.1 Å². The number of nitrogens with zero attached hydrogens (tertiary/aromatic N) is 9. The number of carbonyl (C=O) groups excluding carboxylic acids is 2. The molecule has 1 aliphatic heterocycles. The van der Waals surface area contributed by atoms with Gasteiger partial charge in [0.15, 0.2) is 12.4 Å². The van der Waals surface area contributed by atoms with E-state index in [2.05, 4.69) is 36.9 Å². The number of ether oxygens (including phenoxy) is 2. The molecule has 0 fully saturated rings. The molecule has 13 heteroatoms. The summed E-state index contributed by atoms with van der Waals surface area (Å²) >= 11 is 0. The molecule has 0 spiro atoms. The largest absolute Gasteiger partial charge is 0.468 e. The Kier molecular flexibility index (Phi) is 8.78. The number of fused-ring (bicyclic) bond motifs is 2. The summed E-state index contributed by atoms with van der Waals surface area (Å²) in [5.41, 5.74) is 4.55. The number of amides is 1. The van der Waals surface area contributed by atoms with E-state index in [1.807, 2.05) is 30.0 Å². The van der Waals surface area contributed by atoms with Crippen LogP contribution in [0.3, 0.4) is 0 Å². The van der Waals surface area contributed by atoms with Crippen LogP contribution < -0.4 is 9.64 Å². The van der Waals surface area contributed by atoms with Crippen molar-refractivity contribution in [1.82, 2.24) is 39.6 Å². The fourth-order valence-electron chi connectivity index (χ4n) is 4.68. The number of carbonyl (C=O) groups is 2. The van der Waals surface area contributed by atoms with Gasteiger partial charge in [0.05, 0.1) is 18.3 Å². The van der Waals surface area contributed by atoms with E-state index < -0.39 is 6.09 Å². The summed E-state index contributed by atoms with van der Waals surface area (Å²) in [7, 11) is 3.36. The second kappa shape index (κ2) is 13.4. The van der Waals surface area contributed by atoms with Gasteiger partial charge >= 0.3 is 6.09 Å². The van der Waals surface area contributed by atoms with Gasteiger partial charge in [-0.25, -0.2) is 29.7 Å². The van der Waals surface area contributed by atoms with E-state index >= 15 is 0 Å². The van der Waals surface area contributed by atoms with E-state index in [1.54, 1.807) is 57.1 Å². The predicted molar refractivity (Wildman–Crippen MR) is 169 cm³/mol. The Morgan fingerprint density at radius 2 is 1.80 bits per heavy atom. The van der Waals surface area contributed by atoms with Gasteiger partial charge in [-0.3, -0.25) is 4.79 Å². The van der Waals surface area contributed by atoms with Crippen molar-refractivity contribution in [2.45, 2.75) is 32.9 Å². The summed E-state index contributed by atoms with van der Waals surface area (Å²) < 4.78 is 12.1. The predicted octanol–water partition coefficient (Wildman–Crippen LogP) is 3.85. The van der Waals surface area contributed by atoms with Crippen molar-refractivity contribution in [3.8, 4) is 29.2 Å². The lowest BCUT2D eigenvalue weighted by atomic mass is 10.1. The molecule has 13 nitrogen and oxygen atoms in total. The zero-order chi connectivity index (χ0) is 32.0. The fourth-order valence-corrected chi connectivity index (χ4v) is 4.68. The molecule has 5 heterocycles. The summed E-state index contributed by atoms with van der Waals surface area (Å²) in [4.78, 5) is 50.3. The lowest BCUT2D eigenvalue weighted by molar-refractivity contribution is -0.130. The molecular weight excluding hydrogens is 586 g/mol. The van der Waals surface area contributed by atoms with Crippen LogP contribution in [-0.4, -0.2) is 78.9 Å². The number of pyridine rings is 1. The van der Waals surface area contributed by atoms with Gasteiger partial charge in [-0.05, 0) is 53.8 Å². The average Bonchev–Trinajstić information content (AvgIpc) is 3.70. The Labute approximate surface area is 265 Å². The van der Waals surface area contributed by atoms with Crippen LogP contribution in [0.15, 0.2) is 61.2 Å². The van der Waals surface area contributed by atoms with Crippen LogP contribution in [0.1, 0.15) is 42.1 Å². The van der Waals surface area contributed by atoms with Gasteiger partial charge in [0, 0.05) is 62.8 Å². The Balaban J connectivity index is 1.14. The molecule has 1 aliphatic rings. The van der Waals surface area contributed by atoms with Crippen LogP contribution in [0.2, 0.25) is 0 Å². The molecule has 0 atom stereocenters. The molecule has 46 heavy (non-hydrogen) atoms. The molecule has 5 aromatic rings. The average molecular weight is 618 g/mol. The monoisotopic (exact) mass is 617 g/mol. The van der Waals surface area contributed by atoms with Crippen LogP contribution in [0.4, 0.5) is 10.7 Å². The van der Waals surface area contributed by atoms with E-state index in [9.17, 15) is 9.59 Å². The molecule has 0 bridgehead atoms. The summed E-state index contributed by atoms with van der Waals surface area (Å²) in [6.07, 6.45) is 7.95. The van der Waals surface area contributed by atoms with Crippen molar-refractivity contribution in [1.29, 1.82) is 0 Å². The number of unbranched alkanes of at least 4 members (excludes halogenated alkanes) is 1. The second-order valence-electron chi connectivity index (χ2n) is 10.8. The molecular formula is C33H31N9O4. The quantitative estimate of drug-likeness (QED) is 0.185. The Morgan fingerprint density at radius 3 is 2.65 bits per heavy atom. The maximum Gasteiger partial charge on any atom is 0.435 e. The number of aromatic nitrogens is 7. The Bertz CT molecular complexity index is 1980. The summed E-state index contributed by atoms with van der Waals surface area (Å²) in [5, 5.41) is 4.96. The zero-order valence-corrected chi connectivity index (χ0v) is 25.7. The molecule has 0 aliphatic carbocycles. The van der Waals surface area contributed by atoms with Gasteiger partial charge in [0.25, 0.3) is 5.91 Å². The van der Waals surface area contributed by atoms with E-state index in [-0.39, 0.29) is 12.5 Å². The summed E-state index contributed by atoms with van der Waals surface area (Å²) in [5.74, 6) is 7.44. The van der Waals surface area contributed by atoms with Crippen LogP contribution in [0.5, 0.6) is 5.88 Å². The third-order valence-electron chi connectivity index (χ3n) is 7.23. The zero-order valence-electron chi connectivity index (χ0n) is 25.7. The highest BCUT2D eigenvalue weighted by Crippen LogP contribution is 2.28. The topological polar surface area (TPSA) is 141 Å². The highest BCUT2D eigenvalue weighted by molar-refractivity contribution is 5.88. The molecule has 0 N–H and O–H groups in total. The molecule has 1 aromatic carbocycles. The molecule has 0 unspecified atom stereocenters. The molecule has 4 aromatic heterocycles. The van der Waals surface area contributed by atoms with Gasteiger partial charge in [-0.15, -0.1) is 0 Å². The minimum atomic E-state index is -0.497. The van der Waals surface area contributed by atoms with E-state index in [1.165, 1.54) is 9.58 Å². The fraction of sp³-hybridized carbons (Fsp3) is 0.273. The third kappa shape index (κ3) is 6.76. The first-order valence-corrected chi connectivity index (χ1v) is 14.8. The van der Waals surface area contributed by atoms with Gasteiger partial charge in [0.2, 0.25) is 11.8 Å². The van der Waals surface area contributed by atoms with E-state index in [0.717, 1.165) is 34.9 Å². The lowest BCUT2D eigenvalue weighted by Crippen LogP contribution is -2.27. The SMILES string of the molecule is CCCCOC(=O)n1ncc2cc(C#Cc3ccnc(-c4ccnc(N5Cc6cnc(OCC(=O)N(C)C)cc6C5)n4)n3)ccc21. The van der Waals surface area contributed by atoms with Gasteiger partial charge < -0.3 is 19.3 Å². The van der Waals surface area contributed by atoms with Crippen LogP contribution in [0.25, 0.3) is 22.4 Å². The van der Waals surface area contributed by atoms with Gasteiger partial charge in [-0.1, -0.05) is 19.3 Å². The second-order valence-corrected chi connectivity index (χ2v) is 10.8. The van der Waals surface area contributed by atoms with Crippen molar-refractivity contribution in [3.05, 3.63) is 83.6 Å². The summed E-state index contributed by atoms with van der Waals surface area (Å²) in [6, 6.07) is 10.8. The lowest BCUT2D eigenvalue weighted by Gasteiger charge is -2.15. The van der Waals surface area contributed by atoms with Gasteiger partial charge in [0.1, 0.15) is 11.4 Å². The van der Waals surface area contributed by atoms with Crippen molar-refractivity contribution in [3.63, 3.8) is 0 Å². The standard InChI is InChI=1S/C33H31N9O4/c1-4-5-14-45-33(44)42-28-9-7-22(15-23(28)18-37-42)6-8-26-10-12-34-31(38-26)27-11-13-35-32(39-27)41-19-24-16-29(36-17-25(24)20-41)46-21-30(43)40(2)3/h7,9-13,15-18H,4-5,14,19-21H2,1-3H3. The van der Waals surface area contributed by atoms with E-state index in [4.69, 9.17) is 14.5 Å². The Hall–Kier alpha value is -5.90. The molecule has 232 valence electrons. The highest BCUT2D eigenvalue weighted by Gasteiger charge is 2.23. The normalized spacial score (nSPS) is 11.9. The maximum absolute atomic E-state index is 12.4. The number of hydrogen-bond acceptors (Lipinski definition) is 11. The minimum Gasteiger partial charge on any atom is -0.468 e. The van der Waals surface area contributed by atoms with Crippen LogP contribution >= 0.6 is 0 Å². The number of anilines is 1. The maximum atomic E-state index is 12.4. The number of rotatable bonds is 8. The van der Waals surface area contributed by atoms with E-state index in [0.29, 0.717) is 54.3 Å². The molecule has 0 saturated heterocycles. The summed E-state index contributed by atoms with van der Waals surface area (Å²) in [6.45, 7) is 3.47. The molecule has 6 rings (SSSR count). The smallest absolute Gasteiger partial charge is 0.435 e. The van der Waals surface area contributed by atoms with Crippen molar-refractivity contribution >= 4 is 28.9 Å². The first-order valence-electron chi connectivity index (χ1n) is 14.8. The first kappa shape index (κ1) is 30.1. The van der Waals surface area contributed by atoms with Crippen molar-refractivity contribution in [2.24, 2.45) is 0 Å². The molecule has 0 radical (unpaired) electrons. The van der Waals surface area contributed by atoms with Crippen LogP contribution in [0, 0.1) is 11.8 Å². The minimum absolute atomic E-state index is 0.0742.